The molecule has 1 aromatic rings. The number of allylic oxidation sites excluding steroid dienone is 2. The van der Waals surface area contributed by atoms with Crippen molar-refractivity contribution < 1.29 is 13.2 Å². The van der Waals surface area contributed by atoms with E-state index in [-0.39, 0.29) is 5.69 Å². The van der Waals surface area contributed by atoms with Crippen molar-refractivity contribution in [2.24, 2.45) is 0 Å². The number of anilines is 1. The number of benzene rings is 1. The summed E-state index contributed by atoms with van der Waals surface area (Å²) in [5, 5.41) is 0. The van der Waals surface area contributed by atoms with Gasteiger partial charge in [0, 0.05) is 11.4 Å². The predicted octanol–water partition coefficient (Wildman–Crippen LogP) is 4.33. The lowest BCUT2D eigenvalue weighted by atomic mass is 10.1. The molecule has 0 unspecified atom stereocenters. The van der Waals surface area contributed by atoms with Gasteiger partial charge in [-0.05, 0) is 25.0 Å². The van der Waals surface area contributed by atoms with Gasteiger partial charge in [-0.15, -0.1) is 0 Å². The second kappa shape index (κ2) is 3.95. The van der Waals surface area contributed by atoms with Gasteiger partial charge in [0.1, 0.15) is 0 Å². The van der Waals surface area contributed by atoms with Gasteiger partial charge in [0.25, 0.3) is 0 Å². The third kappa shape index (κ3) is 2.07. The first-order chi connectivity index (χ1) is 7.91. The van der Waals surface area contributed by atoms with Crippen LogP contribution in [0.25, 0.3) is 0 Å². The molecule has 17 heavy (non-hydrogen) atoms. The minimum absolute atomic E-state index is 0.118. The Kier molecular flexibility index (Phi) is 2.73. The Hall–Kier alpha value is -1.71. The van der Waals surface area contributed by atoms with Crippen LogP contribution in [-0.2, 0) is 6.18 Å². The molecule has 2 rings (SSSR count). The molecule has 1 aliphatic rings. The van der Waals surface area contributed by atoms with Crippen LogP contribution in [0.1, 0.15) is 18.4 Å². The maximum atomic E-state index is 12.9. The van der Waals surface area contributed by atoms with E-state index in [9.17, 15) is 13.2 Å². The Balaban J connectivity index is 2.52. The van der Waals surface area contributed by atoms with Gasteiger partial charge in [0.05, 0.1) is 11.3 Å². The molecule has 0 aromatic heterocycles. The van der Waals surface area contributed by atoms with E-state index < -0.39 is 11.7 Å². The Bertz CT molecular complexity index is 458. The number of alkyl halides is 3. The fourth-order valence-electron chi connectivity index (χ4n) is 1.98. The molecule has 0 N–H and O–H groups in total. The van der Waals surface area contributed by atoms with Gasteiger partial charge in [-0.25, -0.2) is 0 Å². The molecular formula is C13H12F3N. The average molecular weight is 239 g/mol. The smallest absolute Gasteiger partial charge is 0.319 e. The molecule has 0 spiro atoms. The second-order valence-electron chi connectivity index (χ2n) is 3.98. The summed E-state index contributed by atoms with van der Waals surface area (Å²) in [5.41, 5.74) is 0.787. The van der Waals surface area contributed by atoms with E-state index in [2.05, 4.69) is 13.2 Å². The third-order valence-electron chi connectivity index (χ3n) is 2.78. The van der Waals surface area contributed by atoms with E-state index in [1.54, 1.807) is 6.07 Å². The van der Waals surface area contributed by atoms with Crippen molar-refractivity contribution in [1.29, 1.82) is 0 Å². The zero-order chi connectivity index (χ0) is 12.6. The van der Waals surface area contributed by atoms with E-state index >= 15 is 0 Å². The Morgan fingerprint density at radius 1 is 1.00 bits per heavy atom. The van der Waals surface area contributed by atoms with Crippen LogP contribution in [0.5, 0.6) is 0 Å². The Morgan fingerprint density at radius 3 is 2.06 bits per heavy atom. The molecule has 4 heteroatoms. The molecule has 1 heterocycles. The highest BCUT2D eigenvalue weighted by Crippen LogP contribution is 2.42. The van der Waals surface area contributed by atoms with Gasteiger partial charge >= 0.3 is 6.18 Å². The van der Waals surface area contributed by atoms with Crippen molar-refractivity contribution in [2.75, 3.05) is 4.90 Å². The minimum Gasteiger partial charge on any atom is -0.319 e. The second-order valence-corrected chi connectivity index (χ2v) is 3.98. The van der Waals surface area contributed by atoms with Gasteiger partial charge in [-0.3, -0.25) is 0 Å². The number of hydrogen-bond acceptors (Lipinski definition) is 1. The van der Waals surface area contributed by atoms with Crippen LogP contribution >= 0.6 is 0 Å². The molecule has 90 valence electrons. The first-order valence-electron chi connectivity index (χ1n) is 5.23. The Morgan fingerprint density at radius 2 is 1.53 bits per heavy atom. The highest BCUT2D eigenvalue weighted by Gasteiger charge is 2.36. The normalized spacial score (nSPS) is 16.8. The summed E-state index contributed by atoms with van der Waals surface area (Å²) >= 11 is 0. The zero-order valence-electron chi connectivity index (χ0n) is 9.22. The summed E-state index contributed by atoms with van der Waals surface area (Å²) in [5.74, 6) is 0. The van der Waals surface area contributed by atoms with E-state index in [4.69, 9.17) is 0 Å². The van der Waals surface area contributed by atoms with E-state index in [1.165, 1.54) is 17.0 Å². The fraction of sp³-hybridized carbons (Fsp3) is 0.231. The monoisotopic (exact) mass is 239 g/mol. The van der Waals surface area contributed by atoms with E-state index in [1.807, 2.05) is 0 Å². The lowest BCUT2D eigenvalue weighted by Crippen LogP contribution is -2.18. The Labute approximate surface area is 97.9 Å². The molecular weight excluding hydrogens is 227 g/mol. The topological polar surface area (TPSA) is 3.24 Å². The summed E-state index contributed by atoms with van der Waals surface area (Å²) in [6, 6.07) is 5.50. The zero-order valence-corrected chi connectivity index (χ0v) is 9.22. The number of nitrogens with zero attached hydrogens (tertiary/aromatic N) is 1. The largest absolute Gasteiger partial charge is 0.418 e. The van der Waals surface area contributed by atoms with Crippen LogP contribution in [0.4, 0.5) is 18.9 Å². The molecule has 0 aliphatic carbocycles. The van der Waals surface area contributed by atoms with Crippen LogP contribution in [0, 0.1) is 0 Å². The minimum atomic E-state index is -4.36. The molecule has 0 bridgehead atoms. The number of para-hydroxylation sites is 1. The molecule has 1 aromatic carbocycles. The number of rotatable bonds is 1. The molecule has 1 saturated heterocycles. The molecule has 1 fully saturated rings. The summed E-state index contributed by atoms with van der Waals surface area (Å²) in [6.45, 7) is 7.57. The van der Waals surface area contributed by atoms with Crippen LogP contribution < -0.4 is 4.90 Å². The molecule has 1 aliphatic heterocycles. The standard InChI is InChI=1S/C13H12F3N/c1-9-7-8-10(2)17(9)12-6-4-3-5-11(12)13(14,15)16/h3-6H,1-2,7-8H2. The van der Waals surface area contributed by atoms with E-state index in [0.29, 0.717) is 24.2 Å². The van der Waals surface area contributed by atoms with Crippen LogP contribution in [0.2, 0.25) is 0 Å². The molecule has 1 nitrogen and oxygen atoms in total. The number of hydrogen-bond donors (Lipinski definition) is 0. The van der Waals surface area contributed by atoms with Gasteiger partial charge in [-0.2, -0.15) is 13.2 Å². The quantitative estimate of drug-likeness (QED) is 0.704. The molecule has 0 saturated carbocycles. The van der Waals surface area contributed by atoms with Crippen molar-refractivity contribution in [3.63, 3.8) is 0 Å². The van der Waals surface area contributed by atoms with Gasteiger partial charge in [0.2, 0.25) is 0 Å². The highest BCUT2D eigenvalue weighted by atomic mass is 19.4. The van der Waals surface area contributed by atoms with Gasteiger partial charge in [0.15, 0.2) is 0 Å². The van der Waals surface area contributed by atoms with Crippen LogP contribution in [-0.4, -0.2) is 0 Å². The first kappa shape index (κ1) is 11.8. The van der Waals surface area contributed by atoms with Crippen LogP contribution in [0.3, 0.4) is 0 Å². The first-order valence-corrected chi connectivity index (χ1v) is 5.23. The molecule has 0 amide bonds. The summed E-state index contributed by atoms with van der Waals surface area (Å²) < 4.78 is 38.6. The lowest BCUT2D eigenvalue weighted by molar-refractivity contribution is -0.137. The summed E-state index contributed by atoms with van der Waals surface area (Å²) in [4.78, 5) is 1.50. The lowest BCUT2D eigenvalue weighted by Gasteiger charge is -2.24. The molecule has 0 radical (unpaired) electrons. The fourth-order valence-corrected chi connectivity index (χ4v) is 1.98. The van der Waals surface area contributed by atoms with Crippen molar-refractivity contribution in [3.05, 3.63) is 54.4 Å². The third-order valence-corrected chi connectivity index (χ3v) is 2.78. The maximum absolute atomic E-state index is 12.9. The highest BCUT2D eigenvalue weighted by molar-refractivity contribution is 5.64. The van der Waals surface area contributed by atoms with Crippen molar-refractivity contribution in [1.82, 2.24) is 0 Å². The average Bonchev–Trinajstić information content (AvgIpc) is 2.57. The predicted molar refractivity (Wildman–Crippen MR) is 61.4 cm³/mol. The van der Waals surface area contributed by atoms with Crippen LogP contribution in [0.15, 0.2) is 48.8 Å². The van der Waals surface area contributed by atoms with Crippen molar-refractivity contribution in [2.45, 2.75) is 19.0 Å². The maximum Gasteiger partial charge on any atom is 0.418 e. The SMILES string of the molecule is C=C1CCC(=C)N1c1ccccc1C(F)(F)F. The summed E-state index contributed by atoms with van der Waals surface area (Å²) in [6.07, 6.45) is -3.05. The van der Waals surface area contributed by atoms with Gasteiger partial charge < -0.3 is 4.90 Å². The molecule has 0 atom stereocenters. The van der Waals surface area contributed by atoms with Crippen molar-refractivity contribution in [3.8, 4) is 0 Å². The van der Waals surface area contributed by atoms with Gasteiger partial charge in [-0.1, -0.05) is 25.3 Å². The van der Waals surface area contributed by atoms with Crippen molar-refractivity contribution >= 4 is 5.69 Å². The summed E-state index contributed by atoms with van der Waals surface area (Å²) in [7, 11) is 0. The number of halogens is 3. The van der Waals surface area contributed by atoms with E-state index in [0.717, 1.165) is 6.07 Å².